The molecule has 1 aliphatic rings. The van der Waals surface area contributed by atoms with Crippen molar-refractivity contribution in [1.82, 2.24) is 19.7 Å². The molecule has 0 spiro atoms. The van der Waals surface area contributed by atoms with Crippen molar-refractivity contribution in [2.75, 3.05) is 13.2 Å². The molecular weight excluding hydrogens is 368 g/mol. The second-order valence-electron chi connectivity index (χ2n) is 6.32. The van der Waals surface area contributed by atoms with Gasteiger partial charge in [-0.2, -0.15) is 5.10 Å². The molecule has 1 N–H and O–H groups in total. The maximum atomic E-state index is 12.8. The molecule has 1 aliphatic heterocycles. The summed E-state index contributed by atoms with van der Waals surface area (Å²) in [5.74, 6) is 0.290. The lowest BCUT2D eigenvalue weighted by molar-refractivity contribution is 0.0733. The van der Waals surface area contributed by atoms with Gasteiger partial charge in [0, 0.05) is 37.1 Å². The number of fused-ring (bicyclic) bond motifs is 1. The molecule has 1 amide bonds. The van der Waals surface area contributed by atoms with Gasteiger partial charge in [0.15, 0.2) is 11.5 Å². The highest BCUT2D eigenvalue weighted by molar-refractivity contribution is 6.30. The highest BCUT2D eigenvalue weighted by Crippen LogP contribution is 2.37. The molecule has 8 heteroatoms. The molecule has 0 atom stereocenters. The van der Waals surface area contributed by atoms with E-state index in [1.165, 1.54) is 0 Å². The van der Waals surface area contributed by atoms with Crippen LogP contribution in [0.15, 0.2) is 42.9 Å². The van der Waals surface area contributed by atoms with Crippen LogP contribution in [0.2, 0.25) is 5.02 Å². The van der Waals surface area contributed by atoms with Gasteiger partial charge < -0.3 is 14.7 Å². The van der Waals surface area contributed by atoms with Crippen LogP contribution in [0.5, 0.6) is 11.5 Å². The number of aromatic hydroxyl groups is 1. The van der Waals surface area contributed by atoms with E-state index in [4.69, 9.17) is 16.3 Å². The molecule has 3 heterocycles. The standard InChI is InChI=1S/C19H17ClN4O3/c1-23-10-14(8-22-23)19(26)24-4-5-27-18-13(11-24)6-12(7-17(18)25)16-3-2-15(20)9-21-16/h2-3,6-10,25H,4-5,11H2,1H3. The van der Waals surface area contributed by atoms with Gasteiger partial charge >= 0.3 is 0 Å². The van der Waals surface area contributed by atoms with Crippen LogP contribution in [0, 0.1) is 0 Å². The minimum atomic E-state index is -0.130. The fourth-order valence-corrected chi connectivity index (χ4v) is 3.19. The Kier molecular flexibility index (Phi) is 4.45. The van der Waals surface area contributed by atoms with Crippen LogP contribution < -0.4 is 4.74 Å². The third-order valence-electron chi connectivity index (χ3n) is 4.38. The summed E-state index contributed by atoms with van der Waals surface area (Å²) in [6.07, 6.45) is 4.77. The zero-order chi connectivity index (χ0) is 19.0. The predicted molar refractivity (Wildman–Crippen MR) is 99.8 cm³/mol. The van der Waals surface area contributed by atoms with E-state index in [1.807, 2.05) is 6.07 Å². The van der Waals surface area contributed by atoms with Crippen LogP contribution in [0.4, 0.5) is 0 Å². The SMILES string of the molecule is Cn1cc(C(=O)N2CCOc3c(O)cc(-c4ccc(Cl)cn4)cc3C2)cn1. The quantitative estimate of drug-likeness (QED) is 0.734. The molecule has 0 radical (unpaired) electrons. The number of phenolic OH excluding ortho intramolecular Hbond substituents is 1. The summed E-state index contributed by atoms with van der Waals surface area (Å²) in [5.41, 5.74) is 2.63. The van der Waals surface area contributed by atoms with Crippen molar-refractivity contribution in [2.45, 2.75) is 6.54 Å². The van der Waals surface area contributed by atoms with Gasteiger partial charge in [-0.15, -0.1) is 0 Å². The van der Waals surface area contributed by atoms with E-state index < -0.39 is 0 Å². The number of nitrogens with zero attached hydrogens (tertiary/aromatic N) is 4. The van der Waals surface area contributed by atoms with Gasteiger partial charge in [0.05, 0.1) is 29.0 Å². The van der Waals surface area contributed by atoms with Gasteiger partial charge in [0.2, 0.25) is 0 Å². The van der Waals surface area contributed by atoms with E-state index >= 15 is 0 Å². The first-order chi connectivity index (χ1) is 13.0. The topological polar surface area (TPSA) is 80.5 Å². The third kappa shape index (κ3) is 3.46. The summed E-state index contributed by atoms with van der Waals surface area (Å²) in [6, 6.07) is 6.99. The molecule has 0 saturated heterocycles. The second kappa shape index (κ2) is 6.92. The molecule has 0 unspecified atom stereocenters. The fourth-order valence-electron chi connectivity index (χ4n) is 3.08. The molecule has 1 aromatic carbocycles. The summed E-state index contributed by atoms with van der Waals surface area (Å²) in [6.45, 7) is 1.03. The van der Waals surface area contributed by atoms with E-state index in [-0.39, 0.29) is 11.7 Å². The lowest BCUT2D eigenvalue weighted by atomic mass is 10.0. The Morgan fingerprint density at radius 1 is 1.30 bits per heavy atom. The number of ether oxygens (including phenoxy) is 1. The number of carbonyl (C=O) groups excluding carboxylic acids is 1. The average Bonchev–Trinajstić information content (AvgIpc) is 2.96. The lowest BCUT2D eigenvalue weighted by Gasteiger charge is -2.19. The number of amides is 1. The summed E-state index contributed by atoms with van der Waals surface area (Å²) in [4.78, 5) is 18.8. The largest absolute Gasteiger partial charge is 0.504 e. The maximum absolute atomic E-state index is 12.8. The smallest absolute Gasteiger partial charge is 0.257 e. The van der Waals surface area contributed by atoms with Crippen molar-refractivity contribution in [2.24, 2.45) is 7.05 Å². The Balaban J connectivity index is 1.68. The number of aromatic nitrogens is 3. The summed E-state index contributed by atoms with van der Waals surface area (Å²) in [5, 5.41) is 15.0. The number of benzene rings is 1. The number of rotatable bonds is 2. The minimum absolute atomic E-state index is 0.0231. The lowest BCUT2D eigenvalue weighted by Crippen LogP contribution is -2.32. The van der Waals surface area contributed by atoms with Gasteiger partial charge in [0.25, 0.3) is 5.91 Å². The summed E-state index contributed by atoms with van der Waals surface area (Å²) < 4.78 is 7.29. The van der Waals surface area contributed by atoms with Crippen molar-refractivity contribution in [3.05, 3.63) is 59.0 Å². The molecule has 4 rings (SSSR count). The molecule has 2 aromatic heterocycles. The second-order valence-corrected chi connectivity index (χ2v) is 6.76. The van der Waals surface area contributed by atoms with Gasteiger partial charge in [-0.3, -0.25) is 14.5 Å². The average molecular weight is 385 g/mol. The number of hydrogen-bond acceptors (Lipinski definition) is 5. The van der Waals surface area contributed by atoms with Crippen LogP contribution >= 0.6 is 11.6 Å². The Bertz CT molecular complexity index is 1000. The van der Waals surface area contributed by atoms with Gasteiger partial charge in [-0.05, 0) is 24.3 Å². The number of phenols is 1. The zero-order valence-electron chi connectivity index (χ0n) is 14.6. The van der Waals surface area contributed by atoms with E-state index in [0.29, 0.717) is 41.7 Å². The van der Waals surface area contributed by atoms with E-state index in [9.17, 15) is 9.90 Å². The summed E-state index contributed by atoms with van der Waals surface area (Å²) in [7, 11) is 1.76. The predicted octanol–water partition coefficient (Wildman–Crippen LogP) is 2.88. The fraction of sp³-hybridized carbons (Fsp3) is 0.211. The number of hydrogen-bond donors (Lipinski definition) is 1. The van der Waals surface area contributed by atoms with Crippen LogP contribution in [0.3, 0.4) is 0 Å². The highest BCUT2D eigenvalue weighted by atomic mass is 35.5. The molecule has 0 fully saturated rings. The molecule has 27 heavy (non-hydrogen) atoms. The first-order valence-electron chi connectivity index (χ1n) is 8.40. The van der Waals surface area contributed by atoms with Gasteiger partial charge in [-0.1, -0.05) is 11.6 Å². The van der Waals surface area contributed by atoms with Gasteiger partial charge in [-0.25, -0.2) is 0 Å². The van der Waals surface area contributed by atoms with Crippen molar-refractivity contribution in [3.63, 3.8) is 0 Å². The number of pyridine rings is 1. The third-order valence-corrected chi connectivity index (χ3v) is 4.60. The number of halogens is 1. The molecule has 3 aromatic rings. The Labute approximate surface area is 160 Å². The van der Waals surface area contributed by atoms with E-state index in [1.54, 1.807) is 53.4 Å². The Hall–Kier alpha value is -3.06. The molecule has 0 bridgehead atoms. The van der Waals surface area contributed by atoms with E-state index in [0.717, 1.165) is 11.1 Å². The first-order valence-corrected chi connectivity index (χ1v) is 8.77. The van der Waals surface area contributed by atoms with Crippen molar-refractivity contribution in [3.8, 4) is 22.8 Å². The van der Waals surface area contributed by atoms with Crippen molar-refractivity contribution in [1.29, 1.82) is 0 Å². The van der Waals surface area contributed by atoms with Crippen LogP contribution in [0.1, 0.15) is 15.9 Å². The Morgan fingerprint density at radius 2 is 2.15 bits per heavy atom. The number of carbonyl (C=O) groups is 1. The molecule has 7 nitrogen and oxygen atoms in total. The monoisotopic (exact) mass is 384 g/mol. The molecular formula is C19H17ClN4O3. The van der Waals surface area contributed by atoms with E-state index in [2.05, 4.69) is 10.1 Å². The normalized spacial score (nSPS) is 13.6. The van der Waals surface area contributed by atoms with Crippen LogP contribution in [-0.4, -0.2) is 43.8 Å². The highest BCUT2D eigenvalue weighted by Gasteiger charge is 2.24. The van der Waals surface area contributed by atoms with Crippen molar-refractivity contribution < 1.29 is 14.6 Å². The first kappa shape index (κ1) is 17.4. The minimum Gasteiger partial charge on any atom is -0.504 e. The van der Waals surface area contributed by atoms with Gasteiger partial charge in [0.1, 0.15) is 6.61 Å². The van der Waals surface area contributed by atoms with Crippen molar-refractivity contribution >= 4 is 17.5 Å². The maximum Gasteiger partial charge on any atom is 0.257 e. The zero-order valence-corrected chi connectivity index (χ0v) is 15.3. The summed E-state index contributed by atoms with van der Waals surface area (Å²) >= 11 is 5.90. The number of aryl methyl sites for hydroxylation is 1. The van der Waals surface area contributed by atoms with Crippen LogP contribution in [0.25, 0.3) is 11.3 Å². The molecule has 138 valence electrons. The Morgan fingerprint density at radius 3 is 2.85 bits per heavy atom. The molecule has 0 aliphatic carbocycles. The molecule has 0 saturated carbocycles. The van der Waals surface area contributed by atoms with Crippen LogP contribution in [-0.2, 0) is 13.6 Å².